The normalized spacial score (nSPS) is 21.4. The number of esters is 1. The van der Waals surface area contributed by atoms with Crippen molar-refractivity contribution in [1.29, 1.82) is 0 Å². The topological polar surface area (TPSA) is 52.3 Å². The molecule has 0 aliphatic heterocycles. The zero-order chi connectivity index (χ0) is 13.4. The van der Waals surface area contributed by atoms with E-state index in [1.54, 1.807) is 17.6 Å². The number of thiazole rings is 1. The van der Waals surface area contributed by atoms with Gasteiger partial charge in [-0.3, -0.25) is 4.79 Å². The SMILES string of the molecule is Cc1nc(COC(=O)[C@@H]2C[C@H]2c2ccco2)sc1C. The van der Waals surface area contributed by atoms with Crippen molar-refractivity contribution in [2.24, 2.45) is 5.92 Å². The van der Waals surface area contributed by atoms with Crippen LogP contribution in [0.25, 0.3) is 0 Å². The van der Waals surface area contributed by atoms with E-state index >= 15 is 0 Å². The Balaban J connectivity index is 1.53. The molecular formula is C14H15NO3S. The van der Waals surface area contributed by atoms with Gasteiger partial charge in [-0.05, 0) is 32.4 Å². The third-order valence-corrected chi connectivity index (χ3v) is 4.46. The van der Waals surface area contributed by atoms with Crippen molar-refractivity contribution in [3.05, 3.63) is 39.7 Å². The average molecular weight is 277 g/mol. The van der Waals surface area contributed by atoms with E-state index in [0.717, 1.165) is 22.9 Å². The van der Waals surface area contributed by atoms with Crippen LogP contribution in [0, 0.1) is 19.8 Å². The number of aryl methyl sites for hydroxylation is 2. The predicted molar refractivity (Wildman–Crippen MR) is 70.9 cm³/mol. The summed E-state index contributed by atoms with van der Waals surface area (Å²) in [6, 6.07) is 3.75. The highest BCUT2D eigenvalue weighted by Crippen LogP contribution is 2.48. The van der Waals surface area contributed by atoms with E-state index in [1.807, 2.05) is 26.0 Å². The molecular weight excluding hydrogens is 262 g/mol. The molecule has 2 aromatic heterocycles. The number of hydrogen-bond donors (Lipinski definition) is 0. The highest BCUT2D eigenvalue weighted by Gasteiger charge is 2.47. The second kappa shape index (κ2) is 4.81. The third kappa shape index (κ3) is 2.56. The fourth-order valence-corrected chi connectivity index (χ4v) is 2.96. The molecule has 0 unspecified atom stereocenters. The lowest BCUT2D eigenvalue weighted by Gasteiger charge is -2.01. The first kappa shape index (κ1) is 12.4. The standard InChI is InChI=1S/C14H15NO3S/c1-8-9(2)19-13(15-8)7-18-14(16)11-6-10(11)12-4-3-5-17-12/h3-5,10-11H,6-7H2,1-2H3/t10-,11-/m1/s1. The van der Waals surface area contributed by atoms with Gasteiger partial charge in [0.2, 0.25) is 0 Å². The molecule has 0 aromatic carbocycles. The molecule has 0 bridgehead atoms. The Hall–Kier alpha value is -1.62. The maximum absolute atomic E-state index is 11.9. The van der Waals surface area contributed by atoms with Crippen molar-refractivity contribution in [1.82, 2.24) is 4.98 Å². The van der Waals surface area contributed by atoms with Gasteiger partial charge in [-0.15, -0.1) is 11.3 Å². The van der Waals surface area contributed by atoms with Gasteiger partial charge < -0.3 is 9.15 Å². The minimum absolute atomic E-state index is 0.0479. The van der Waals surface area contributed by atoms with Crippen LogP contribution in [0.15, 0.2) is 22.8 Å². The summed E-state index contributed by atoms with van der Waals surface area (Å²) in [4.78, 5) is 17.4. The van der Waals surface area contributed by atoms with E-state index < -0.39 is 0 Å². The van der Waals surface area contributed by atoms with Crippen LogP contribution in [-0.4, -0.2) is 11.0 Å². The van der Waals surface area contributed by atoms with Crippen LogP contribution in [0.2, 0.25) is 0 Å². The highest BCUT2D eigenvalue weighted by atomic mass is 32.1. The van der Waals surface area contributed by atoms with Gasteiger partial charge in [0, 0.05) is 10.8 Å². The number of aromatic nitrogens is 1. The second-order valence-corrected chi connectivity index (χ2v) is 6.11. The lowest BCUT2D eigenvalue weighted by molar-refractivity contribution is -0.146. The van der Waals surface area contributed by atoms with Crippen LogP contribution in [0.5, 0.6) is 0 Å². The molecule has 3 rings (SSSR count). The Morgan fingerprint density at radius 3 is 3.05 bits per heavy atom. The third-order valence-electron chi connectivity index (χ3n) is 3.41. The van der Waals surface area contributed by atoms with Gasteiger partial charge in [0.15, 0.2) is 0 Å². The van der Waals surface area contributed by atoms with Crippen molar-refractivity contribution >= 4 is 17.3 Å². The monoisotopic (exact) mass is 277 g/mol. The van der Waals surface area contributed by atoms with Gasteiger partial charge in [-0.25, -0.2) is 4.98 Å². The zero-order valence-electron chi connectivity index (χ0n) is 10.9. The van der Waals surface area contributed by atoms with Crippen LogP contribution in [0.3, 0.4) is 0 Å². The second-order valence-electron chi connectivity index (χ2n) is 4.82. The fraction of sp³-hybridized carbons (Fsp3) is 0.429. The molecule has 100 valence electrons. The Morgan fingerprint density at radius 1 is 1.58 bits per heavy atom. The van der Waals surface area contributed by atoms with E-state index in [-0.39, 0.29) is 24.4 Å². The Morgan fingerprint density at radius 2 is 2.42 bits per heavy atom. The molecule has 1 aliphatic carbocycles. The van der Waals surface area contributed by atoms with E-state index in [1.165, 1.54) is 4.88 Å². The van der Waals surface area contributed by atoms with Gasteiger partial charge in [0.05, 0.1) is 17.9 Å². The van der Waals surface area contributed by atoms with Gasteiger partial charge in [-0.1, -0.05) is 0 Å². The van der Waals surface area contributed by atoms with Crippen LogP contribution >= 0.6 is 11.3 Å². The molecule has 2 heterocycles. The molecule has 1 saturated carbocycles. The highest BCUT2D eigenvalue weighted by molar-refractivity contribution is 7.11. The van der Waals surface area contributed by atoms with Crippen molar-refractivity contribution in [3.63, 3.8) is 0 Å². The number of hydrogen-bond acceptors (Lipinski definition) is 5. The predicted octanol–water partition coefficient (Wildman–Crippen LogP) is 3.20. The molecule has 0 saturated heterocycles. The van der Waals surface area contributed by atoms with E-state index in [0.29, 0.717) is 0 Å². The first-order chi connectivity index (χ1) is 9.15. The van der Waals surface area contributed by atoms with Crippen molar-refractivity contribution in [2.75, 3.05) is 0 Å². The first-order valence-corrected chi connectivity index (χ1v) is 7.09. The van der Waals surface area contributed by atoms with Crippen molar-refractivity contribution in [3.8, 4) is 0 Å². The molecule has 19 heavy (non-hydrogen) atoms. The van der Waals surface area contributed by atoms with Crippen molar-refractivity contribution in [2.45, 2.75) is 32.8 Å². The summed E-state index contributed by atoms with van der Waals surface area (Å²) in [7, 11) is 0. The summed E-state index contributed by atoms with van der Waals surface area (Å²) < 4.78 is 10.6. The molecule has 1 fully saturated rings. The molecule has 2 aromatic rings. The maximum atomic E-state index is 11.9. The van der Waals surface area contributed by atoms with Crippen LogP contribution < -0.4 is 0 Å². The number of nitrogens with zero attached hydrogens (tertiary/aromatic N) is 1. The minimum Gasteiger partial charge on any atom is -0.469 e. The molecule has 0 spiro atoms. The number of carbonyl (C=O) groups excluding carboxylic acids is 1. The summed E-state index contributed by atoms with van der Waals surface area (Å²) in [5, 5.41) is 0.860. The Labute approximate surface area is 115 Å². The largest absolute Gasteiger partial charge is 0.469 e. The molecule has 0 N–H and O–H groups in total. The van der Waals surface area contributed by atoms with E-state index in [9.17, 15) is 4.79 Å². The minimum atomic E-state index is -0.146. The zero-order valence-corrected chi connectivity index (χ0v) is 11.7. The molecule has 2 atom stereocenters. The molecule has 5 heteroatoms. The van der Waals surface area contributed by atoms with Crippen LogP contribution in [-0.2, 0) is 16.1 Å². The van der Waals surface area contributed by atoms with E-state index in [4.69, 9.17) is 9.15 Å². The molecule has 1 aliphatic rings. The number of furan rings is 1. The van der Waals surface area contributed by atoms with Crippen molar-refractivity contribution < 1.29 is 13.9 Å². The number of ether oxygens (including phenoxy) is 1. The lowest BCUT2D eigenvalue weighted by Crippen LogP contribution is -2.07. The lowest BCUT2D eigenvalue weighted by atomic mass is 10.2. The smallest absolute Gasteiger partial charge is 0.310 e. The first-order valence-electron chi connectivity index (χ1n) is 6.28. The fourth-order valence-electron chi connectivity index (χ4n) is 2.11. The Kier molecular flexibility index (Phi) is 3.14. The summed E-state index contributed by atoms with van der Waals surface area (Å²) in [6.07, 6.45) is 2.46. The van der Waals surface area contributed by atoms with Gasteiger partial charge in [-0.2, -0.15) is 0 Å². The summed E-state index contributed by atoms with van der Waals surface area (Å²) >= 11 is 1.58. The van der Waals surface area contributed by atoms with Gasteiger partial charge in [0.1, 0.15) is 17.4 Å². The molecule has 4 nitrogen and oxygen atoms in total. The maximum Gasteiger partial charge on any atom is 0.310 e. The summed E-state index contributed by atoms with van der Waals surface area (Å²) in [5.41, 5.74) is 1.01. The number of carbonyl (C=O) groups is 1. The molecule has 0 radical (unpaired) electrons. The van der Waals surface area contributed by atoms with E-state index in [2.05, 4.69) is 4.98 Å². The number of rotatable bonds is 4. The molecule has 0 amide bonds. The Bertz CT molecular complexity index is 568. The average Bonchev–Trinajstić information content (AvgIpc) is 2.86. The van der Waals surface area contributed by atoms with Gasteiger partial charge in [0.25, 0.3) is 0 Å². The van der Waals surface area contributed by atoms with Gasteiger partial charge >= 0.3 is 5.97 Å². The summed E-state index contributed by atoms with van der Waals surface area (Å²) in [6.45, 7) is 4.26. The summed E-state index contributed by atoms with van der Waals surface area (Å²) in [5.74, 6) is 0.880. The van der Waals surface area contributed by atoms with Crippen LogP contribution in [0.4, 0.5) is 0 Å². The quantitative estimate of drug-likeness (QED) is 0.805. The van der Waals surface area contributed by atoms with Crippen LogP contribution in [0.1, 0.15) is 33.7 Å².